The van der Waals surface area contributed by atoms with Crippen molar-refractivity contribution in [3.05, 3.63) is 29.6 Å². The summed E-state index contributed by atoms with van der Waals surface area (Å²) in [6, 6.07) is 4.66. The minimum absolute atomic E-state index is 0.428. The van der Waals surface area contributed by atoms with Crippen molar-refractivity contribution in [2.24, 2.45) is 5.92 Å². The van der Waals surface area contributed by atoms with Crippen molar-refractivity contribution in [2.45, 2.75) is 32.7 Å². The van der Waals surface area contributed by atoms with Gasteiger partial charge in [0.15, 0.2) is 0 Å². The van der Waals surface area contributed by atoms with Crippen LogP contribution in [-0.4, -0.2) is 24.7 Å². The second-order valence-corrected chi connectivity index (χ2v) is 4.66. The van der Waals surface area contributed by atoms with Gasteiger partial charge >= 0.3 is 0 Å². The van der Waals surface area contributed by atoms with Crippen LogP contribution in [0.15, 0.2) is 18.3 Å². The van der Waals surface area contributed by atoms with E-state index in [0.717, 1.165) is 38.3 Å². The summed E-state index contributed by atoms with van der Waals surface area (Å²) in [5, 5.41) is 3.61. The van der Waals surface area contributed by atoms with E-state index in [0.29, 0.717) is 12.0 Å². The summed E-state index contributed by atoms with van der Waals surface area (Å²) in [4.78, 5) is 4.41. The Balaban J connectivity index is 2.18. The minimum atomic E-state index is 0.428. The fourth-order valence-electron chi connectivity index (χ4n) is 2.63. The van der Waals surface area contributed by atoms with E-state index in [9.17, 15) is 0 Å². The van der Waals surface area contributed by atoms with Gasteiger partial charge in [0.1, 0.15) is 0 Å². The Kier molecular flexibility index (Phi) is 4.51. The standard InChI is InChI=1S/C14H22N2O/c1-3-15-14(12-6-9-17-10-7-12)13-5-4-8-16-11(13)2/h4-5,8,12,14-15H,3,6-7,9-10H2,1-2H3. The molecule has 2 heterocycles. The molecule has 0 bridgehead atoms. The third-order valence-electron chi connectivity index (χ3n) is 3.54. The molecule has 1 aliphatic rings. The Hall–Kier alpha value is -0.930. The van der Waals surface area contributed by atoms with Gasteiger partial charge in [-0.15, -0.1) is 0 Å². The molecule has 2 rings (SSSR count). The van der Waals surface area contributed by atoms with Crippen LogP contribution in [0.3, 0.4) is 0 Å². The molecule has 1 atom stereocenters. The first-order valence-electron chi connectivity index (χ1n) is 6.55. The predicted octanol–water partition coefficient (Wildman–Crippen LogP) is 2.47. The topological polar surface area (TPSA) is 34.2 Å². The average molecular weight is 234 g/mol. The van der Waals surface area contributed by atoms with Crippen molar-refractivity contribution in [3.8, 4) is 0 Å². The number of hydrogen-bond acceptors (Lipinski definition) is 3. The summed E-state index contributed by atoms with van der Waals surface area (Å²) >= 11 is 0. The molecule has 1 saturated heterocycles. The Morgan fingerprint density at radius 1 is 1.47 bits per heavy atom. The first-order chi connectivity index (χ1) is 8.33. The molecule has 17 heavy (non-hydrogen) atoms. The second kappa shape index (κ2) is 6.12. The highest BCUT2D eigenvalue weighted by molar-refractivity contribution is 5.23. The average Bonchev–Trinajstić information content (AvgIpc) is 2.38. The van der Waals surface area contributed by atoms with Gasteiger partial charge < -0.3 is 10.1 Å². The van der Waals surface area contributed by atoms with E-state index in [1.165, 1.54) is 5.56 Å². The van der Waals surface area contributed by atoms with Crippen molar-refractivity contribution < 1.29 is 4.74 Å². The van der Waals surface area contributed by atoms with Crippen LogP contribution in [0.4, 0.5) is 0 Å². The number of aromatic nitrogens is 1. The number of nitrogens with zero attached hydrogens (tertiary/aromatic N) is 1. The van der Waals surface area contributed by atoms with Gasteiger partial charge in [0.25, 0.3) is 0 Å². The van der Waals surface area contributed by atoms with Gasteiger partial charge in [-0.1, -0.05) is 13.0 Å². The van der Waals surface area contributed by atoms with Gasteiger partial charge in [0.2, 0.25) is 0 Å². The normalized spacial score (nSPS) is 19.2. The Bertz CT molecular complexity index is 348. The smallest absolute Gasteiger partial charge is 0.0469 e. The van der Waals surface area contributed by atoms with E-state index in [1.807, 2.05) is 12.3 Å². The molecule has 0 radical (unpaired) electrons. The van der Waals surface area contributed by atoms with E-state index in [1.54, 1.807) is 0 Å². The van der Waals surface area contributed by atoms with Crippen LogP contribution < -0.4 is 5.32 Å². The molecule has 0 saturated carbocycles. The summed E-state index contributed by atoms with van der Waals surface area (Å²) in [6.45, 7) is 7.05. The van der Waals surface area contributed by atoms with Crippen LogP contribution in [0.5, 0.6) is 0 Å². The number of nitrogens with one attached hydrogen (secondary N) is 1. The largest absolute Gasteiger partial charge is 0.381 e. The van der Waals surface area contributed by atoms with Crippen LogP contribution in [0.1, 0.15) is 37.1 Å². The Labute approximate surface area is 104 Å². The molecule has 0 spiro atoms. The third kappa shape index (κ3) is 3.05. The van der Waals surface area contributed by atoms with Gasteiger partial charge in [0.05, 0.1) is 0 Å². The minimum Gasteiger partial charge on any atom is -0.381 e. The molecule has 1 aromatic heterocycles. The molecule has 3 nitrogen and oxygen atoms in total. The van der Waals surface area contributed by atoms with E-state index in [4.69, 9.17) is 4.74 Å². The zero-order valence-corrected chi connectivity index (χ0v) is 10.8. The number of ether oxygens (including phenoxy) is 1. The Morgan fingerprint density at radius 2 is 2.24 bits per heavy atom. The van der Waals surface area contributed by atoms with Gasteiger partial charge in [0, 0.05) is 31.1 Å². The molecule has 1 aliphatic heterocycles. The molecule has 1 unspecified atom stereocenters. The fourth-order valence-corrected chi connectivity index (χ4v) is 2.63. The lowest BCUT2D eigenvalue weighted by molar-refractivity contribution is 0.0537. The fraction of sp³-hybridized carbons (Fsp3) is 0.643. The maximum absolute atomic E-state index is 5.45. The lowest BCUT2D eigenvalue weighted by Crippen LogP contribution is -2.32. The number of pyridine rings is 1. The van der Waals surface area contributed by atoms with E-state index >= 15 is 0 Å². The molecule has 94 valence electrons. The summed E-state index contributed by atoms with van der Waals surface area (Å²) in [7, 11) is 0. The highest BCUT2D eigenvalue weighted by Gasteiger charge is 2.25. The number of hydrogen-bond donors (Lipinski definition) is 1. The molecule has 0 aliphatic carbocycles. The lowest BCUT2D eigenvalue weighted by atomic mass is 9.86. The van der Waals surface area contributed by atoms with Crippen LogP contribution in [0.25, 0.3) is 0 Å². The third-order valence-corrected chi connectivity index (χ3v) is 3.54. The summed E-state index contributed by atoms with van der Waals surface area (Å²) in [5.41, 5.74) is 2.49. The van der Waals surface area contributed by atoms with Crippen molar-refractivity contribution in [3.63, 3.8) is 0 Å². The second-order valence-electron chi connectivity index (χ2n) is 4.66. The Morgan fingerprint density at radius 3 is 2.88 bits per heavy atom. The van der Waals surface area contributed by atoms with Crippen LogP contribution >= 0.6 is 0 Å². The zero-order valence-electron chi connectivity index (χ0n) is 10.8. The number of rotatable bonds is 4. The van der Waals surface area contributed by atoms with Crippen molar-refractivity contribution in [1.29, 1.82) is 0 Å². The first-order valence-corrected chi connectivity index (χ1v) is 6.55. The van der Waals surface area contributed by atoms with E-state index in [2.05, 4.69) is 30.2 Å². The summed E-state index contributed by atoms with van der Waals surface area (Å²) in [6.07, 6.45) is 4.16. The zero-order chi connectivity index (χ0) is 12.1. The molecule has 1 fully saturated rings. The molecule has 3 heteroatoms. The van der Waals surface area contributed by atoms with E-state index < -0.39 is 0 Å². The van der Waals surface area contributed by atoms with Gasteiger partial charge in [-0.2, -0.15) is 0 Å². The van der Waals surface area contributed by atoms with Gasteiger partial charge in [-0.25, -0.2) is 0 Å². The predicted molar refractivity (Wildman–Crippen MR) is 68.9 cm³/mol. The molecule has 0 amide bonds. The highest BCUT2D eigenvalue weighted by atomic mass is 16.5. The molecular weight excluding hydrogens is 212 g/mol. The van der Waals surface area contributed by atoms with Crippen molar-refractivity contribution in [2.75, 3.05) is 19.8 Å². The van der Waals surface area contributed by atoms with Crippen LogP contribution in [0, 0.1) is 12.8 Å². The SMILES string of the molecule is CCNC(c1cccnc1C)C1CCOCC1. The van der Waals surface area contributed by atoms with Gasteiger partial charge in [-0.05, 0) is 43.9 Å². The van der Waals surface area contributed by atoms with Gasteiger partial charge in [-0.3, -0.25) is 4.98 Å². The maximum atomic E-state index is 5.45. The maximum Gasteiger partial charge on any atom is 0.0469 e. The van der Waals surface area contributed by atoms with Crippen LogP contribution in [-0.2, 0) is 4.74 Å². The number of aryl methyl sites for hydroxylation is 1. The van der Waals surface area contributed by atoms with Crippen LogP contribution in [0.2, 0.25) is 0 Å². The van der Waals surface area contributed by atoms with E-state index in [-0.39, 0.29) is 0 Å². The molecule has 0 aromatic carbocycles. The van der Waals surface area contributed by atoms with Crippen molar-refractivity contribution >= 4 is 0 Å². The van der Waals surface area contributed by atoms with Crippen molar-refractivity contribution in [1.82, 2.24) is 10.3 Å². The highest BCUT2D eigenvalue weighted by Crippen LogP contribution is 2.30. The summed E-state index contributed by atoms with van der Waals surface area (Å²) < 4.78 is 5.45. The monoisotopic (exact) mass is 234 g/mol. The molecular formula is C14H22N2O. The lowest BCUT2D eigenvalue weighted by Gasteiger charge is -2.31. The first kappa shape index (κ1) is 12.5. The molecule has 1 aromatic rings. The quantitative estimate of drug-likeness (QED) is 0.869. The molecule has 1 N–H and O–H groups in total. The summed E-state index contributed by atoms with van der Waals surface area (Å²) in [5.74, 6) is 0.673.